The van der Waals surface area contributed by atoms with Crippen molar-refractivity contribution in [1.82, 2.24) is 10.6 Å². The number of oxime groups is 2. The molecule has 2 amide bonds. The highest BCUT2D eigenvalue weighted by Crippen LogP contribution is 2.43. The predicted molar refractivity (Wildman–Crippen MR) is 217 cm³/mol. The average Bonchev–Trinajstić information content (AvgIpc) is 3.13. The number of carbonyl (C=O) groups excluding carboxylic acids is 2. The summed E-state index contributed by atoms with van der Waals surface area (Å²) in [6, 6.07) is 14.5. The maximum absolute atomic E-state index is 13.1. The molecule has 4 heterocycles. The zero-order valence-electron chi connectivity index (χ0n) is 28.8. The molecule has 306 valence electrons. The van der Waals surface area contributed by atoms with Gasteiger partial charge >= 0.3 is 0 Å². The maximum atomic E-state index is 13.1. The minimum atomic E-state index is -5.31. The van der Waals surface area contributed by atoms with Crippen LogP contribution in [0.25, 0.3) is 6.08 Å². The number of nitrogens with one attached hydrogen (secondary N) is 2. The minimum Gasteiger partial charge on any atom is -0.716 e. The van der Waals surface area contributed by atoms with Gasteiger partial charge in [0.1, 0.15) is 22.9 Å². The van der Waals surface area contributed by atoms with Crippen molar-refractivity contribution in [2.75, 3.05) is 6.54 Å². The predicted octanol–water partition coefficient (Wildman–Crippen LogP) is 6.20. The van der Waals surface area contributed by atoms with E-state index in [0.717, 1.165) is 0 Å². The summed E-state index contributed by atoms with van der Waals surface area (Å²) >= 11 is 13.1. The normalized spacial score (nSPS) is 16.4. The molecule has 24 heteroatoms. The lowest BCUT2D eigenvalue weighted by atomic mass is 10.1. The second kappa shape index (κ2) is 19.0. The first-order valence-electron chi connectivity index (χ1n) is 15.9. The molecule has 4 aliphatic heterocycles. The molecule has 4 aromatic carbocycles. The molecular weight excluding hydrogens is 1070 g/mol. The molecule has 4 aliphatic rings. The number of nitrogens with zero attached hydrogens (tertiary/aromatic N) is 2. The number of rotatable bonds is 4. The first kappa shape index (κ1) is 44.5. The zero-order valence-corrected chi connectivity index (χ0v) is 36.7. The van der Waals surface area contributed by atoms with Gasteiger partial charge in [0.15, 0.2) is 23.0 Å². The highest BCUT2D eigenvalue weighted by atomic mass is 79.9. The van der Waals surface area contributed by atoms with Gasteiger partial charge in [-0.25, -0.2) is 16.8 Å². The number of amides is 2. The monoisotopic (exact) mass is 1090 g/mol. The number of benzene rings is 4. The Hall–Kier alpha value is -4.56. The van der Waals surface area contributed by atoms with E-state index in [1.54, 1.807) is 12.1 Å². The summed E-state index contributed by atoms with van der Waals surface area (Å²) in [5, 5.41) is 30.8. The van der Waals surface area contributed by atoms with Crippen LogP contribution >= 0.6 is 63.7 Å². The molecule has 0 saturated carbocycles. The van der Waals surface area contributed by atoms with E-state index in [9.17, 15) is 45.9 Å². The summed E-state index contributed by atoms with van der Waals surface area (Å²) < 4.78 is 91.4. The lowest BCUT2D eigenvalue weighted by molar-refractivity contribution is -0.115. The summed E-state index contributed by atoms with van der Waals surface area (Å²) in [5.74, 6) is -2.80. The zero-order chi connectivity index (χ0) is 42.4. The van der Waals surface area contributed by atoms with Crippen molar-refractivity contribution in [3.8, 4) is 34.5 Å². The number of hydrogen-bond acceptors (Lipinski definition) is 16. The van der Waals surface area contributed by atoms with E-state index < -0.39 is 49.8 Å². The quantitative estimate of drug-likeness (QED) is 0.0767. The van der Waals surface area contributed by atoms with Crippen molar-refractivity contribution in [2.24, 2.45) is 10.3 Å². The van der Waals surface area contributed by atoms with Gasteiger partial charge in [0.25, 0.3) is 32.6 Å². The highest BCUT2D eigenvalue weighted by Gasteiger charge is 2.22. The van der Waals surface area contributed by atoms with Crippen LogP contribution in [0.4, 0.5) is 0 Å². The van der Waals surface area contributed by atoms with Crippen molar-refractivity contribution in [2.45, 2.75) is 19.3 Å². The van der Waals surface area contributed by atoms with E-state index in [1.165, 1.54) is 60.8 Å². The lowest BCUT2D eigenvalue weighted by Gasteiger charge is -2.18. The lowest BCUT2D eigenvalue weighted by Crippen LogP contribution is -2.33. The van der Waals surface area contributed by atoms with Gasteiger partial charge in [-0.15, -0.1) is 0 Å². The Kier molecular flexibility index (Phi) is 14.6. The molecule has 8 bridgehead atoms. The number of halogens is 4. The molecule has 18 nitrogen and oxygen atoms in total. The minimum absolute atomic E-state index is 0.00864. The molecule has 0 spiro atoms. The third kappa shape index (κ3) is 12.2. The topological polar surface area (TPSA) is 275 Å². The van der Waals surface area contributed by atoms with Crippen LogP contribution in [-0.2, 0) is 49.6 Å². The van der Waals surface area contributed by atoms with Crippen LogP contribution in [-0.4, -0.2) is 66.1 Å². The molecule has 58 heavy (non-hydrogen) atoms. The van der Waals surface area contributed by atoms with Gasteiger partial charge in [0.2, 0.25) is 0 Å². The fraction of sp³-hybridized carbons (Fsp3) is 0.118. The first-order chi connectivity index (χ1) is 27.3. The fourth-order valence-electron chi connectivity index (χ4n) is 5.11. The van der Waals surface area contributed by atoms with Crippen LogP contribution in [0.15, 0.2) is 95.1 Å². The second-order valence-electron chi connectivity index (χ2n) is 11.7. The van der Waals surface area contributed by atoms with Crippen molar-refractivity contribution in [3.63, 3.8) is 0 Å². The SMILES string of the molecule is O=C1N/C=C/c2ccc(c(Br)c2)Oc2cc(cc(Br)c2OS(=O)(=O)[O-])CCNC(=O)/C(=N/O)Cc2ccc(c(Br)c2)Oc2cc(cc(Br)c2OS(=O)(=O)[O-])C/C1=N\O. The molecule has 0 aromatic heterocycles. The molecule has 0 radical (unpaired) electrons. The number of hydrogen-bond donors (Lipinski definition) is 4. The first-order valence-corrected chi connectivity index (χ1v) is 21.7. The summed E-state index contributed by atoms with van der Waals surface area (Å²) in [7, 11) is -10.6. The van der Waals surface area contributed by atoms with E-state index in [0.29, 0.717) is 21.2 Å². The van der Waals surface area contributed by atoms with Crippen LogP contribution in [0, 0.1) is 0 Å². The Labute approximate surface area is 363 Å². The van der Waals surface area contributed by atoms with Crippen molar-refractivity contribution in [3.05, 3.63) is 107 Å². The van der Waals surface area contributed by atoms with Crippen LogP contribution in [0.2, 0.25) is 0 Å². The van der Waals surface area contributed by atoms with E-state index in [1.807, 2.05) is 0 Å². The molecule has 4 aromatic rings. The Bertz CT molecular complexity index is 2610. The van der Waals surface area contributed by atoms with Crippen molar-refractivity contribution in [1.29, 1.82) is 0 Å². The largest absolute Gasteiger partial charge is 0.716 e. The van der Waals surface area contributed by atoms with Gasteiger partial charge in [-0.05, 0) is 147 Å². The molecule has 8 rings (SSSR count). The molecule has 4 N–H and O–H groups in total. The number of carbonyl (C=O) groups is 2. The van der Waals surface area contributed by atoms with Gasteiger partial charge in [0.05, 0.1) is 17.9 Å². The van der Waals surface area contributed by atoms with Crippen molar-refractivity contribution >= 4 is 114 Å². The van der Waals surface area contributed by atoms with Gasteiger partial charge in [-0.2, -0.15) is 0 Å². The fourth-order valence-corrected chi connectivity index (χ4v) is 8.20. The van der Waals surface area contributed by atoms with Crippen LogP contribution in [0.3, 0.4) is 0 Å². The standard InChI is InChI=1S/C34H26Br4N4O14S2/c35-21-9-17-1-3-27(21)53-29-15-19(11-23(37)31(29)55-57(47,48)49)6-8-40-33(43)25(41-45)13-18-2-4-28(22(36)10-18)54-30-16-20(12-24(38)32(30)56-58(50,51)52)14-26(42-46)34(44)39-7-5-17/h1-5,7,9-12,15-16,45-46H,6,8,13-14H2,(H,39,44)(H,40,43)(H,47,48,49)(H,50,51,52)/p-2/b7-5+,41-25+,42-26+. The van der Waals surface area contributed by atoms with E-state index in [4.69, 9.17) is 9.47 Å². The number of ether oxygens (including phenoxy) is 2. The van der Waals surface area contributed by atoms with E-state index >= 15 is 0 Å². The molecular formula is C34H24Br4N4O14S2-2. The van der Waals surface area contributed by atoms with Crippen LogP contribution in [0.1, 0.15) is 22.3 Å². The molecule has 0 saturated heterocycles. The molecule has 0 aliphatic carbocycles. The van der Waals surface area contributed by atoms with Gasteiger partial charge < -0.3 is 48.0 Å². The molecule has 0 fully saturated rings. The third-order valence-corrected chi connectivity index (χ3v) is 10.8. The van der Waals surface area contributed by atoms with Gasteiger partial charge in [-0.3, -0.25) is 9.59 Å². The molecule has 0 atom stereocenters. The highest BCUT2D eigenvalue weighted by molar-refractivity contribution is 9.11. The average molecular weight is 1100 g/mol. The Morgan fingerprint density at radius 3 is 1.69 bits per heavy atom. The van der Waals surface area contributed by atoms with Crippen LogP contribution < -0.4 is 28.5 Å². The van der Waals surface area contributed by atoms with Gasteiger partial charge in [-0.1, -0.05) is 22.4 Å². The van der Waals surface area contributed by atoms with Crippen LogP contribution in [0.5, 0.6) is 34.5 Å². The Balaban J connectivity index is 1.54. The summed E-state index contributed by atoms with van der Waals surface area (Å²) in [5.41, 5.74) is 1.00. The van der Waals surface area contributed by atoms with E-state index in [2.05, 4.69) is 93.0 Å². The summed E-state index contributed by atoms with van der Waals surface area (Å²) in [4.78, 5) is 26.1. The summed E-state index contributed by atoms with van der Waals surface area (Å²) in [6.45, 7) is -0.00864. The van der Waals surface area contributed by atoms with Gasteiger partial charge in [0, 0.05) is 25.6 Å². The smallest absolute Gasteiger partial charge is 0.273 e. The third-order valence-electron chi connectivity index (χ3n) is 7.60. The Morgan fingerprint density at radius 2 is 1.14 bits per heavy atom. The second-order valence-corrected chi connectivity index (χ2v) is 17.1. The summed E-state index contributed by atoms with van der Waals surface area (Å²) in [6.07, 6.45) is 2.35. The van der Waals surface area contributed by atoms with Crippen molar-refractivity contribution < 1.29 is 63.8 Å². The Morgan fingerprint density at radius 1 is 0.638 bits per heavy atom. The van der Waals surface area contributed by atoms with E-state index in [-0.39, 0.29) is 73.5 Å². The maximum Gasteiger partial charge on any atom is 0.273 e. The molecule has 0 unspecified atom stereocenters.